The van der Waals surface area contributed by atoms with E-state index in [1.165, 1.54) is 6.92 Å². The van der Waals surface area contributed by atoms with Crippen LogP contribution in [0.25, 0.3) is 0 Å². The van der Waals surface area contributed by atoms with Gasteiger partial charge in [0.15, 0.2) is 5.78 Å². The number of carboxylic acids is 1. The molecule has 0 heterocycles. The van der Waals surface area contributed by atoms with Gasteiger partial charge in [-0.2, -0.15) is 13.2 Å². The number of ketones is 1. The third-order valence-corrected chi connectivity index (χ3v) is 4.87. The van der Waals surface area contributed by atoms with Crippen molar-refractivity contribution in [3.05, 3.63) is 35.9 Å². The van der Waals surface area contributed by atoms with E-state index in [-0.39, 0.29) is 12.5 Å². The molecule has 1 aromatic rings. The Morgan fingerprint density at radius 2 is 1.48 bits per heavy atom. The van der Waals surface area contributed by atoms with Crippen LogP contribution in [0.4, 0.5) is 22.4 Å². The molecule has 4 N–H and O–H groups in total. The number of methoxy groups -OCH3 is 1. The van der Waals surface area contributed by atoms with Crippen molar-refractivity contribution in [2.45, 2.75) is 58.1 Å². The molecule has 3 atom stereocenters. The maximum atomic E-state index is 12.8. The van der Waals surface area contributed by atoms with Crippen molar-refractivity contribution in [2.75, 3.05) is 13.8 Å². The van der Waals surface area contributed by atoms with Crippen LogP contribution in [0.15, 0.2) is 30.3 Å². The van der Waals surface area contributed by atoms with Gasteiger partial charge in [-0.25, -0.2) is 14.0 Å². The van der Waals surface area contributed by atoms with Crippen molar-refractivity contribution in [3.8, 4) is 0 Å². The van der Waals surface area contributed by atoms with Gasteiger partial charge in [0.05, 0.1) is 13.5 Å². The first-order chi connectivity index (χ1) is 18.5. The summed E-state index contributed by atoms with van der Waals surface area (Å²) in [6, 6.07) is 5.39. The summed E-state index contributed by atoms with van der Waals surface area (Å²) < 4.78 is 54.1. The van der Waals surface area contributed by atoms with E-state index in [0.717, 1.165) is 12.7 Å². The fraction of sp³-hybridized carbons (Fsp3) is 0.500. The monoisotopic (exact) mass is 581 g/mol. The number of amides is 3. The molecule has 16 heteroatoms. The van der Waals surface area contributed by atoms with Gasteiger partial charge in [-0.1, -0.05) is 44.2 Å². The number of carbonyl (C=O) groups is 6. The summed E-state index contributed by atoms with van der Waals surface area (Å²) in [6.45, 7) is 3.36. The van der Waals surface area contributed by atoms with Crippen molar-refractivity contribution in [2.24, 2.45) is 5.92 Å². The number of nitrogens with one attached hydrogen (secondary N) is 3. The first kappa shape index (κ1) is 35.8. The number of carbonyl (C=O) groups excluding carboxylic acids is 5. The number of halogens is 4. The molecule has 0 fully saturated rings. The maximum absolute atomic E-state index is 12.8. The van der Waals surface area contributed by atoms with Crippen LogP contribution in [0, 0.1) is 5.92 Å². The van der Waals surface area contributed by atoms with Crippen LogP contribution in [0.3, 0.4) is 0 Å². The first-order valence-electron chi connectivity index (χ1n) is 11.6. The molecule has 12 nitrogen and oxygen atoms in total. The van der Waals surface area contributed by atoms with Crippen molar-refractivity contribution in [1.29, 1.82) is 0 Å². The molecular weight excluding hydrogens is 550 g/mol. The molecule has 40 heavy (non-hydrogen) atoms. The van der Waals surface area contributed by atoms with Gasteiger partial charge >= 0.3 is 24.2 Å². The number of esters is 1. The lowest BCUT2D eigenvalue weighted by Crippen LogP contribution is -2.56. The summed E-state index contributed by atoms with van der Waals surface area (Å²) in [5.74, 6) is -6.39. The Morgan fingerprint density at radius 3 is 1.93 bits per heavy atom. The van der Waals surface area contributed by atoms with Gasteiger partial charge < -0.3 is 30.5 Å². The van der Waals surface area contributed by atoms with Gasteiger partial charge in [-0.05, 0) is 18.4 Å². The van der Waals surface area contributed by atoms with Crippen LogP contribution in [0.1, 0.15) is 32.8 Å². The molecule has 3 amide bonds. The highest BCUT2D eigenvalue weighted by atomic mass is 19.4. The standard InChI is InChI=1S/C22H30FN3O7.C2HF3O2/c1-13(2)19(26-22(31)33-12-15-8-6-5-7-9-15)21(30)24-14(3)20(29)25-16(17(27)11-23)10-18(28)32-4;3-2(4,5)1(6)7/h5-9,13-14,16,19H,10-12H2,1-4H3,(H,24,30)(H,25,29)(H,26,31);(H,6,7)/t14-,16?,19-;/m0./s1. The van der Waals surface area contributed by atoms with Crippen LogP contribution < -0.4 is 16.0 Å². The lowest BCUT2D eigenvalue weighted by molar-refractivity contribution is -0.192. The second-order valence-corrected chi connectivity index (χ2v) is 8.40. The number of carboxylic acid groups (broad SMARTS) is 1. The molecular formula is C24H31F4N3O9. The zero-order valence-corrected chi connectivity index (χ0v) is 22.0. The minimum atomic E-state index is -5.08. The number of ether oxygens (including phenoxy) is 2. The van der Waals surface area contributed by atoms with E-state index < -0.39 is 73.0 Å². The van der Waals surface area contributed by atoms with E-state index in [2.05, 4.69) is 20.7 Å². The molecule has 0 saturated heterocycles. The molecule has 0 aliphatic carbocycles. The van der Waals surface area contributed by atoms with E-state index in [1.54, 1.807) is 38.1 Å². The largest absolute Gasteiger partial charge is 0.490 e. The Labute approximate surface area is 226 Å². The summed E-state index contributed by atoms with van der Waals surface area (Å²) in [5, 5.41) is 14.2. The smallest absolute Gasteiger partial charge is 0.475 e. The molecule has 0 saturated carbocycles. The Bertz CT molecular complexity index is 1020. The van der Waals surface area contributed by atoms with E-state index in [9.17, 15) is 41.5 Å². The highest BCUT2D eigenvalue weighted by Crippen LogP contribution is 2.13. The fourth-order valence-corrected chi connectivity index (χ4v) is 2.68. The number of Topliss-reactive ketones (excluding diaryl/α,β-unsaturated/α-hetero) is 1. The number of hydrogen-bond donors (Lipinski definition) is 4. The molecule has 1 aromatic carbocycles. The molecule has 0 aliphatic rings. The lowest BCUT2D eigenvalue weighted by Gasteiger charge is -2.24. The quantitative estimate of drug-likeness (QED) is 0.211. The third-order valence-electron chi connectivity index (χ3n) is 4.87. The third kappa shape index (κ3) is 14.1. The summed E-state index contributed by atoms with van der Waals surface area (Å²) in [6.07, 6.45) is -6.44. The highest BCUT2D eigenvalue weighted by Gasteiger charge is 2.38. The van der Waals surface area contributed by atoms with Gasteiger partial charge in [0.25, 0.3) is 0 Å². The average molecular weight is 582 g/mol. The molecule has 224 valence electrons. The molecule has 0 radical (unpaired) electrons. The van der Waals surface area contributed by atoms with Gasteiger partial charge in [-0.3, -0.25) is 19.2 Å². The maximum Gasteiger partial charge on any atom is 0.490 e. The van der Waals surface area contributed by atoms with E-state index in [1.807, 2.05) is 6.07 Å². The molecule has 1 unspecified atom stereocenters. The Morgan fingerprint density at radius 1 is 0.925 bits per heavy atom. The zero-order chi connectivity index (χ0) is 31.0. The number of aliphatic carboxylic acids is 1. The fourth-order valence-electron chi connectivity index (χ4n) is 2.68. The molecule has 0 spiro atoms. The second-order valence-electron chi connectivity index (χ2n) is 8.40. The van der Waals surface area contributed by atoms with Crippen molar-refractivity contribution in [1.82, 2.24) is 16.0 Å². The van der Waals surface area contributed by atoms with E-state index in [0.29, 0.717) is 0 Å². The van der Waals surface area contributed by atoms with Crippen LogP contribution in [0.5, 0.6) is 0 Å². The SMILES string of the molecule is COC(=O)CC(NC(=O)[C@H](C)NC(=O)[C@@H](NC(=O)OCc1ccccc1)C(C)C)C(=O)CF.O=C(O)C(F)(F)F. The van der Waals surface area contributed by atoms with Crippen LogP contribution in [-0.2, 0) is 40.1 Å². The molecule has 0 aromatic heterocycles. The average Bonchev–Trinajstić information content (AvgIpc) is 2.89. The Hall–Kier alpha value is -4.24. The van der Waals surface area contributed by atoms with Gasteiger partial charge in [0.1, 0.15) is 31.4 Å². The number of rotatable bonds is 12. The van der Waals surface area contributed by atoms with Gasteiger partial charge in [-0.15, -0.1) is 0 Å². The summed E-state index contributed by atoms with van der Waals surface area (Å²) >= 11 is 0. The molecule has 0 bridgehead atoms. The minimum Gasteiger partial charge on any atom is -0.475 e. The van der Waals surface area contributed by atoms with E-state index >= 15 is 0 Å². The highest BCUT2D eigenvalue weighted by molar-refractivity contribution is 5.96. The second kappa shape index (κ2) is 17.4. The summed E-state index contributed by atoms with van der Waals surface area (Å²) in [4.78, 5) is 69.2. The number of benzene rings is 1. The van der Waals surface area contributed by atoms with Gasteiger partial charge in [0, 0.05) is 0 Å². The van der Waals surface area contributed by atoms with E-state index in [4.69, 9.17) is 14.6 Å². The Kier molecular flexibility index (Phi) is 15.5. The normalized spacial score (nSPS) is 12.9. The topological polar surface area (TPSA) is 177 Å². The predicted molar refractivity (Wildman–Crippen MR) is 129 cm³/mol. The molecule has 1 rings (SSSR count). The van der Waals surface area contributed by atoms with Crippen molar-refractivity contribution in [3.63, 3.8) is 0 Å². The summed E-state index contributed by atoms with van der Waals surface area (Å²) in [5.41, 5.74) is 0.771. The van der Waals surface area contributed by atoms with Crippen molar-refractivity contribution >= 4 is 35.6 Å². The minimum absolute atomic E-state index is 0.0160. The summed E-state index contributed by atoms with van der Waals surface area (Å²) in [7, 11) is 1.09. The predicted octanol–water partition coefficient (Wildman–Crippen LogP) is 1.66. The lowest BCUT2D eigenvalue weighted by atomic mass is 10.0. The number of alkyl carbamates (subject to hydrolysis) is 1. The first-order valence-corrected chi connectivity index (χ1v) is 11.6. The zero-order valence-electron chi connectivity index (χ0n) is 22.0. The van der Waals surface area contributed by atoms with Gasteiger partial charge in [0.2, 0.25) is 11.8 Å². The number of hydrogen-bond acceptors (Lipinski definition) is 8. The Balaban J connectivity index is 0.00000191. The molecule has 0 aliphatic heterocycles. The van der Waals surface area contributed by atoms with Crippen molar-refractivity contribution < 1.29 is 60.9 Å². The van der Waals surface area contributed by atoms with Crippen LogP contribution >= 0.6 is 0 Å². The number of alkyl halides is 4. The van der Waals surface area contributed by atoms with Crippen LogP contribution in [0.2, 0.25) is 0 Å². The van der Waals surface area contributed by atoms with Crippen LogP contribution in [-0.4, -0.2) is 78.8 Å².